The molecule has 12 heteroatoms. The van der Waals surface area contributed by atoms with Crippen LogP contribution in [0.3, 0.4) is 0 Å². The Morgan fingerprint density at radius 3 is 2.82 bits per heavy atom. The summed E-state index contributed by atoms with van der Waals surface area (Å²) >= 11 is 0. The van der Waals surface area contributed by atoms with Crippen LogP contribution in [0.4, 0.5) is 8.78 Å². The average molecular weight is 467 g/mol. The van der Waals surface area contributed by atoms with Crippen molar-refractivity contribution in [1.29, 1.82) is 0 Å². The Morgan fingerprint density at radius 1 is 1.21 bits per heavy atom. The molecule has 174 valence electrons. The zero-order valence-electron chi connectivity index (χ0n) is 18.0. The van der Waals surface area contributed by atoms with Crippen molar-refractivity contribution in [1.82, 2.24) is 35.0 Å². The van der Waals surface area contributed by atoms with Crippen molar-refractivity contribution in [2.24, 2.45) is 0 Å². The van der Waals surface area contributed by atoms with Crippen LogP contribution in [0.5, 0.6) is 5.88 Å². The quantitative estimate of drug-likeness (QED) is 0.423. The van der Waals surface area contributed by atoms with E-state index in [4.69, 9.17) is 4.52 Å². The fourth-order valence-electron chi connectivity index (χ4n) is 3.98. The van der Waals surface area contributed by atoms with Crippen molar-refractivity contribution in [3.63, 3.8) is 0 Å². The van der Waals surface area contributed by atoms with Gasteiger partial charge in [0.05, 0.1) is 29.2 Å². The summed E-state index contributed by atoms with van der Waals surface area (Å²) in [4.78, 5) is 24.9. The molecule has 4 heterocycles. The third kappa shape index (κ3) is 4.09. The normalized spacial score (nSPS) is 15.8. The van der Waals surface area contributed by atoms with Crippen molar-refractivity contribution in [3.8, 4) is 23.0 Å². The van der Waals surface area contributed by atoms with E-state index in [2.05, 4.69) is 30.1 Å². The van der Waals surface area contributed by atoms with Gasteiger partial charge in [0.1, 0.15) is 6.04 Å². The minimum Gasteiger partial charge on any atom is -0.416 e. The minimum atomic E-state index is -3.05. The molecule has 1 aliphatic rings. The fourth-order valence-corrected chi connectivity index (χ4v) is 3.98. The summed E-state index contributed by atoms with van der Waals surface area (Å²) in [7, 11) is 0. The first-order valence-corrected chi connectivity index (χ1v) is 10.5. The Kier molecular flexibility index (Phi) is 5.70. The summed E-state index contributed by atoms with van der Waals surface area (Å²) in [5.41, 5.74) is 2.09. The molecule has 5 rings (SSSR count). The molecule has 0 aliphatic carbocycles. The number of hydrogen-bond donors (Lipinski definition) is 0. The van der Waals surface area contributed by atoms with Gasteiger partial charge < -0.3 is 14.2 Å². The molecule has 4 aromatic rings. The Balaban J connectivity index is 1.45. The van der Waals surface area contributed by atoms with Crippen LogP contribution in [-0.4, -0.2) is 54.1 Å². The number of ether oxygens (including phenoxy) is 1. The van der Waals surface area contributed by atoms with Crippen molar-refractivity contribution >= 4 is 5.91 Å². The third-order valence-corrected chi connectivity index (χ3v) is 5.47. The maximum Gasteiger partial charge on any atom is 0.388 e. The lowest BCUT2D eigenvalue weighted by atomic mass is 10.1. The zero-order chi connectivity index (χ0) is 23.7. The monoisotopic (exact) mass is 467 g/mol. The van der Waals surface area contributed by atoms with Gasteiger partial charge in [-0.25, -0.2) is 4.98 Å². The summed E-state index contributed by atoms with van der Waals surface area (Å²) in [6, 6.07) is 8.06. The van der Waals surface area contributed by atoms with Crippen molar-refractivity contribution < 1.29 is 22.8 Å². The Morgan fingerprint density at radius 2 is 2.03 bits per heavy atom. The van der Waals surface area contributed by atoms with E-state index in [0.717, 1.165) is 12.0 Å². The Bertz CT molecular complexity index is 1310. The van der Waals surface area contributed by atoms with Gasteiger partial charge in [0.2, 0.25) is 17.6 Å². The SMILES string of the molecule is Cc1ccc(-n2nccn2)c(C(=O)N2CCCC2c2nc(-c3cccnc3OC(F)F)no2)c1. The largest absolute Gasteiger partial charge is 0.416 e. The first-order chi connectivity index (χ1) is 16.5. The molecule has 10 nitrogen and oxygen atoms in total. The molecule has 1 fully saturated rings. The molecule has 1 aromatic carbocycles. The van der Waals surface area contributed by atoms with Crippen LogP contribution in [0.15, 0.2) is 53.4 Å². The van der Waals surface area contributed by atoms with Gasteiger partial charge >= 0.3 is 6.61 Å². The number of benzene rings is 1. The number of aromatic nitrogens is 6. The molecule has 1 atom stereocenters. The molecule has 0 radical (unpaired) electrons. The predicted octanol–water partition coefficient (Wildman–Crippen LogP) is 3.60. The number of amides is 1. The van der Waals surface area contributed by atoms with Crippen LogP contribution in [0.1, 0.15) is 40.7 Å². The molecule has 0 spiro atoms. The van der Waals surface area contributed by atoms with Crippen LogP contribution in [0.2, 0.25) is 0 Å². The van der Waals surface area contributed by atoms with E-state index in [1.165, 1.54) is 29.5 Å². The van der Waals surface area contributed by atoms with Gasteiger partial charge in [-0.1, -0.05) is 16.8 Å². The number of carbonyl (C=O) groups is 1. The number of halogens is 2. The first kappa shape index (κ1) is 21.6. The molecule has 1 aliphatic heterocycles. The predicted molar refractivity (Wildman–Crippen MR) is 113 cm³/mol. The molecular weight excluding hydrogens is 448 g/mol. The second-order valence-electron chi connectivity index (χ2n) is 7.69. The molecule has 1 saturated heterocycles. The number of likely N-dealkylation sites (tertiary alicyclic amines) is 1. The average Bonchev–Trinajstić information content (AvgIpc) is 3.60. The lowest BCUT2D eigenvalue weighted by Gasteiger charge is -2.23. The van der Waals surface area contributed by atoms with Gasteiger partial charge in [-0.05, 0) is 44.0 Å². The summed E-state index contributed by atoms with van der Waals surface area (Å²) < 4.78 is 35.4. The Labute approximate surface area is 192 Å². The van der Waals surface area contributed by atoms with Gasteiger partial charge in [0, 0.05) is 12.7 Å². The zero-order valence-corrected chi connectivity index (χ0v) is 18.0. The number of alkyl halides is 2. The molecular formula is C22H19F2N7O3. The number of aryl methyl sites for hydroxylation is 1. The lowest BCUT2D eigenvalue weighted by molar-refractivity contribution is -0.0524. The number of rotatable bonds is 6. The van der Waals surface area contributed by atoms with Crippen LogP contribution < -0.4 is 4.74 Å². The molecule has 1 unspecified atom stereocenters. The van der Waals surface area contributed by atoms with Crippen LogP contribution in [-0.2, 0) is 0 Å². The van der Waals surface area contributed by atoms with Gasteiger partial charge in [0.15, 0.2) is 0 Å². The van der Waals surface area contributed by atoms with E-state index in [-0.39, 0.29) is 29.1 Å². The summed E-state index contributed by atoms with van der Waals surface area (Å²) in [6.07, 6.45) is 5.76. The molecule has 3 aromatic heterocycles. The lowest BCUT2D eigenvalue weighted by Crippen LogP contribution is -2.31. The van der Waals surface area contributed by atoms with E-state index in [9.17, 15) is 13.6 Å². The highest BCUT2D eigenvalue weighted by Gasteiger charge is 2.36. The topological polar surface area (TPSA) is 112 Å². The van der Waals surface area contributed by atoms with Gasteiger partial charge in [0.25, 0.3) is 5.91 Å². The number of carbonyl (C=O) groups excluding carboxylic acids is 1. The van der Waals surface area contributed by atoms with Crippen molar-refractivity contribution in [2.45, 2.75) is 32.4 Å². The maximum absolute atomic E-state index is 13.6. The Hall–Kier alpha value is -4.22. The molecule has 0 bridgehead atoms. The van der Waals surface area contributed by atoms with Crippen molar-refractivity contribution in [2.75, 3.05) is 6.54 Å². The highest BCUT2D eigenvalue weighted by Crippen LogP contribution is 2.35. The summed E-state index contributed by atoms with van der Waals surface area (Å²) in [6.45, 7) is -0.653. The van der Waals surface area contributed by atoms with E-state index < -0.39 is 12.7 Å². The maximum atomic E-state index is 13.6. The van der Waals surface area contributed by atoms with Gasteiger partial charge in [-0.15, -0.1) is 0 Å². The third-order valence-electron chi connectivity index (χ3n) is 5.47. The number of pyridine rings is 1. The highest BCUT2D eigenvalue weighted by molar-refractivity contribution is 5.98. The summed E-state index contributed by atoms with van der Waals surface area (Å²) in [5.74, 6) is -0.268. The molecule has 34 heavy (non-hydrogen) atoms. The van der Waals surface area contributed by atoms with Gasteiger partial charge in [-0.2, -0.15) is 28.8 Å². The summed E-state index contributed by atoms with van der Waals surface area (Å²) in [5, 5.41) is 12.2. The number of hydrogen-bond acceptors (Lipinski definition) is 8. The van der Waals surface area contributed by atoms with E-state index >= 15 is 0 Å². The first-order valence-electron chi connectivity index (χ1n) is 10.5. The van der Waals surface area contributed by atoms with Crippen molar-refractivity contribution in [3.05, 3.63) is 65.9 Å². The van der Waals surface area contributed by atoms with Crippen LogP contribution >= 0.6 is 0 Å². The van der Waals surface area contributed by atoms with E-state index in [1.54, 1.807) is 23.1 Å². The standard InChI is InChI=1S/C22H19F2N7O3/c1-13-6-7-16(31-26-9-10-27-31)15(12-13)21(32)30-11-3-5-17(30)20-28-18(29-34-20)14-4-2-8-25-19(14)33-22(23)24/h2,4,6-10,12,17,22H,3,5,11H2,1H3. The molecule has 0 N–H and O–H groups in total. The number of nitrogens with zero attached hydrogens (tertiary/aromatic N) is 7. The van der Waals surface area contributed by atoms with Crippen LogP contribution in [0.25, 0.3) is 17.1 Å². The van der Waals surface area contributed by atoms with E-state index in [1.807, 2.05) is 13.0 Å². The van der Waals surface area contributed by atoms with Crippen LogP contribution in [0, 0.1) is 6.92 Å². The molecule has 0 saturated carbocycles. The second-order valence-corrected chi connectivity index (χ2v) is 7.69. The smallest absolute Gasteiger partial charge is 0.388 e. The van der Waals surface area contributed by atoms with Gasteiger partial charge in [-0.3, -0.25) is 4.79 Å². The molecule has 1 amide bonds. The fraction of sp³-hybridized carbons (Fsp3) is 0.273. The second kappa shape index (κ2) is 8.96. The van der Waals surface area contributed by atoms with E-state index in [0.29, 0.717) is 24.2 Å². The minimum absolute atomic E-state index is 0.0510. The highest BCUT2D eigenvalue weighted by atomic mass is 19.3.